The van der Waals surface area contributed by atoms with E-state index in [1.165, 1.54) is 31.0 Å². The number of halogens is 1. The Bertz CT molecular complexity index is 932. The van der Waals surface area contributed by atoms with Crippen molar-refractivity contribution < 1.29 is 18.4 Å². The molecule has 0 bridgehead atoms. The Morgan fingerprint density at radius 2 is 2.23 bits per heavy atom. The number of carbonyl (C=O) groups is 1. The molecule has 2 heterocycles. The van der Waals surface area contributed by atoms with Gasteiger partial charge in [0.25, 0.3) is 0 Å². The molecule has 0 unspecified atom stereocenters. The molecule has 1 aromatic carbocycles. The summed E-state index contributed by atoms with van der Waals surface area (Å²) in [5.41, 5.74) is 1.03. The van der Waals surface area contributed by atoms with Gasteiger partial charge < -0.3 is 14.6 Å². The van der Waals surface area contributed by atoms with Crippen LogP contribution in [0.5, 0.6) is 5.75 Å². The Morgan fingerprint density at radius 3 is 2.92 bits per heavy atom. The first kappa shape index (κ1) is 17.9. The van der Waals surface area contributed by atoms with Crippen molar-refractivity contribution in [3.8, 4) is 17.1 Å². The van der Waals surface area contributed by atoms with Crippen LogP contribution in [0.2, 0.25) is 0 Å². The van der Waals surface area contributed by atoms with Gasteiger partial charge in [0.1, 0.15) is 5.03 Å². The molecule has 0 radical (unpaired) electrons. The molecule has 26 heavy (non-hydrogen) atoms. The van der Waals surface area contributed by atoms with Crippen LogP contribution in [0.4, 0.5) is 10.1 Å². The minimum atomic E-state index is -0.544. The zero-order chi connectivity index (χ0) is 18.5. The molecule has 134 valence electrons. The molecule has 0 atom stereocenters. The fourth-order valence-electron chi connectivity index (χ4n) is 2.16. The van der Waals surface area contributed by atoms with Crippen molar-refractivity contribution in [3.63, 3.8) is 0 Å². The van der Waals surface area contributed by atoms with Crippen molar-refractivity contribution in [1.29, 1.82) is 0 Å². The average Bonchev–Trinajstić information content (AvgIpc) is 3.07. The molecule has 0 fully saturated rings. The number of anilines is 1. The summed E-state index contributed by atoms with van der Waals surface area (Å²) in [6.45, 7) is 1.70. The fourth-order valence-corrected chi connectivity index (χ4v) is 2.95. The number of ether oxygens (including phenoxy) is 1. The minimum absolute atomic E-state index is 0.0918. The van der Waals surface area contributed by atoms with E-state index < -0.39 is 5.82 Å². The van der Waals surface area contributed by atoms with Crippen LogP contribution in [0, 0.1) is 12.7 Å². The highest BCUT2D eigenvalue weighted by atomic mass is 32.2. The highest BCUT2D eigenvalue weighted by molar-refractivity contribution is 8.00. The number of nitrogens with zero attached hydrogens (tertiary/aromatic N) is 3. The normalized spacial score (nSPS) is 10.6. The highest BCUT2D eigenvalue weighted by Gasteiger charge is 2.14. The number of aromatic nitrogens is 3. The quantitative estimate of drug-likeness (QED) is 0.662. The Labute approximate surface area is 153 Å². The number of hydrogen-bond acceptors (Lipinski definition) is 7. The minimum Gasteiger partial charge on any atom is -0.494 e. The van der Waals surface area contributed by atoms with E-state index >= 15 is 0 Å². The second kappa shape index (κ2) is 7.96. The van der Waals surface area contributed by atoms with Crippen LogP contribution in [0.3, 0.4) is 0 Å². The second-order valence-corrected chi connectivity index (χ2v) is 6.14. The lowest BCUT2D eigenvalue weighted by Gasteiger charge is -2.08. The number of pyridine rings is 1. The Hall–Kier alpha value is -2.94. The van der Waals surface area contributed by atoms with Crippen molar-refractivity contribution in [2.45, 2.75) is 11.9 Å². The summed E-state index contributed by atoms with van der Waals surface area (Å²) in [6.07, 6.45) is 1.62. The number of carbonyl (C=O) groups excluding carboxylic acids is 1. The SMILES string of the molecule is COc1ccc(NC(=O)CSc2ncccc2-c2noc(C)n2)cc1F. The summed E-state index contributed by atoms with van der Waals surface area (Å²) in [5, 5.41) is 7.11. The molecule has 7 nitrogen and oxygen atoms in total. The van der Waals surface area contributed by atoms with Crippen molar-refractivity contribution >= 4 is 23.4 Å². The van der Waals surface area contributed by atoms with E-state index in [1.807, 2.05) is 0 Å². The number of benzene rings is 1. The highest BCUT2D eigenvalue weighted by Crippen LogP contribution is 2.28. The lowest BCUT2D eigenvalue weighted by Crippen LogP contribution is -2.14. The third-order valence-corrected chi connectivity index (χ3v) is 4.32. The standard InChI is InChI=1S/C17H15FN4O3S/c1-10-20-16(22-25-10)12-4-3-7-19-17(12)26-9-15(23)21-11-5-6-14(24-2)13(18)8-11/h3-8H,9H2,1-2H3,(H,21,23). The van der Waals surface area contributed by atoms with Gasteiger partial charge in [0.05, 0.1) is 18.4 Å². The van der Waals surface area contributed by atoms with Crippen LogP contribution in [-0.2, 0) is 4.79 Å². The predicted octanol–water partition coefficient (Wildman–Crippen LogP) is 3.32. The van der Waals surface area contributed by atoms with E-state index in [-0.39, 0.29) is 17.4 Å². The summed E-state index contributed by atoms with van der Waals surface area (Å²) in [4.78, 5) is 20.6. The average molecular weight is 374 g/mol. The fraction of sp³-hybridized carbons (Fsp3) is 0.176. The summed E-state index contributed by atoms with van der Waals surface area (Å²) >= 11 is 1.23. The van der Waals surface area contributed by atoms with Gasteiger partial charge in [0, 0.05) is 24.9 Å². The molecule has 0 aliphatic rings. The number of thioether (sulfide) groups is 1. The number of nitrogens with one attached hydrogen (secondary N) is 1. The maximum atomic E-state index is 13.7. The molecule has 0 saturated heterocycles. The lowest BCUT2D eigenvalue weighted by atomic mass is 10.3. The number of hydrogen-bond donors (Lipinski definition) is 1. The monoisotopic (exact) mass is 374 g/mol. The third kappa shape index (κ3) is 4.17. The van der Waals surface area contributed by atoms with Gasteiger partial charge in [-0.3, -0.25) is 4.79 Å². The molecular formula is C17H15FN4O3S. The van der Waals surface area contributed by atoms with E-state index in [1.54, 1.807) is 31.3 Å². The zero-order valence-corrected chi connectivity index (χ0v) is 14.8. The van der Waals surface area contributed by atoms with Gasteiger partial charge in [-0.25, -0.2) is 9.37 Å². The van der Waals surface area contributed by atoms with Crippen LogP contribution in [-0.4, -0.2) is 33.9 Å². The summed E-state index contributed by atoms with van der Waals surface area (Å²) in [5.74, 6) is 0.229. The molecule has 3 aromatic rings. The summed E-state index contributed by atoms with van der Waals surface area (Å²) in [7, 11) is 1.38. The molecule has 0 spiro atoms. The van der Waals surface area contributed by atoms with Crippen LogP contribution in [0.1, 0.15) is 5.89 Å². The van der Waals surface area contributed by atoms with E-state index in [4.69, 9.17) is 9.26 Å². The molecule has 9 heteroatoms. The van der Waals surface area contributed by atoms with Crippen LogP contribution >= 0.6 is 11.8 Å². The molecular weight excluding hydrogens is 359 g/mol. The summed E-state index contributed by atoms with van der Waals surface area (Å²) < 4.78 is 23.5. The Balaban J connectivity index is 1.66. The number of amides is 1. The number of rotatable bonds is 6. The van der Waals surface area contributed by atoms with Crippen LogP contribution in [0.25, 0.3) is 11.4 Å². The maximum Gasteiger partial charge on any atom is 0.234 e. The van der Waals surface area contributed by atoms with Crippen LogP contribution < -0.4 is 10.1 Å². The molecule has 1 amide bonds. The Kier molecular flexibility index (Phi) is 5.47. The van der Waals surface area contributed by atoms with Crippen LogP contribution in [0.15, 0.2) is 46.1 Å². The van der Waals surface area contributed by atoms with E-state index in [0.717, 1.165) is 0 Å². The second-order valence-electron chi connectivity index (χ2n) is 5.18. The molecule has 0 aliphatic heterocycles. The van der Waals surface area contributed by atoms with Gasteiger partial charge in [-0.2, -0.15) is 4.98 Å². The first-order valence-electron chi connectivity index (χ1n) is 7.58. The largest absolute Gasteiger partial charge is 0.494 e. The first-order valence-corrected chi connectivity index (χ1v) is 8.57. The predicted molar refractivity (Wildman–Crippen MR) is 94.6 cm³/mol. The van der Waals surface area contributed by atoms with Crippen molar-refractivity contribution in [3.05, 3.63) is 48.2 Å². The van der Waals surface area contributed by atoms with Crippen molar-refractivity contribution in [2.75, 3.05) is 18.2 Å². The first-order chi connectivity index (χ1) is 12.6. The Morgan fingerprint density at radius 1 is 1.38 bits per heavy atom. The van der Waals surface area contributed by atoms with E-state index in [0.29, 0.717) is 28.0 Å². The molecule has 2 aromatic heterocycles. The summed E-state index contributed by atoms with van der Waals surface area (Å²) in [6, 6.07) is 7.78. The van der Waals surface area contributed by atoms with E-state index in [2.05, 4.69) is 20.4 Å². The molecule has 0 aliphatic carbocycles. The maximum absolute atomic E-state index is 13.7. The van der Waals surface area contributed by atoms with E-state index in [9.17, 15) is 9.18 Å². The molecule has 3 rings (SSSR count). The number of aryl methyl sites for hydroxylation is 1. The van der Waals surface area contributed by atoms with Crippen molar-refractivity contribution in [1.82, 2.24) is 15.1 Å². The smallest absolute Gasteiger partial charge is 0.234 e. The lowest BCUT2D eigenvalue weighted by molar-refractivity contribution is -0.113. The zero-order valence-electron chi connectivity index (χ0n) is 14.0. The van der Waals surface area contributed by atoms with Gasteiger partial charge >= 0.3 is 0 Å². The molecule has 1 N–H and O–H groups in total. The van der Waals surface area contributed by atoms with Gasteiger partial charge in [-0.15, -0.1) is 0 Å². The topological polar surface area (TPSA) is 90.1 Å². The van der Waals surface area contributed by atoms with Crippen molar-refractivity contribution in [2.24, 2.45) is 0 Å². The third-order valence-electron chi connectivity index (χ3n) is 3.32. The van der Waals surface area contributed by atoms with Gasteiger partial charge in [-0.1, -0.05) is 16.9 Å². The van der Waals surface area contributed by atoms with Gasteiger partial charge in [-0.05, 0) is 24.3 Å². The number of methoxy groups -OCH3 is 1. The molecule has 0 saturated carbocycles. The van der Waals surface area contributed by atoms with Gasteiger partial charge in [0.2, 0.25) is 17.6 Å². The van der Waals surface area contributed by atoms with Gasteiger partial charge in [0.15, 0.2) is 11.6 Å².